The van der Waals surface area contributed by atoms with E-state index in [1.807, 2.05) is 4.90 Å². The maximum absolute atomic E-state index is 12.9. The number of carbonyl (C=O) groups is 1. The van der Waals surface area contributed by atoms with E-state index in [1.54, 1.807) is 0 Å². The monoisotopic (exact) mass is 345 g/mol. The van der Waals surface area contributed by atoms with Crippen LogP contribution in [0.1, 0.15) is 49.8 Å². The minimum Gasteiger partial charge on any atom is -0.396 e. The fourth-order valence-corrected chi connectivity index (χ4v) is 4.35. The zero-order valence-corrected chi connectivity index (χ0v) is 15.3. The van der Waals surface area contributed by atoms with Crippen molar-refractivity contribution in [1.82, 2.24) is 15.1 Å². The van der Waals surface area contributed by atoms with Crippen LogP contribution in [0, 0.1) is 0 Å². The minimum absolute atomic E-state index is 0.0121. The second-order valence-electron chi connectivity index (χ2n) is 7.13. The number of fused-ring (bicyclic) bond motifs is 1. The highest BCUT2D eigenvalue weighted by Crippen LogP contribution is 2.35. The van der Waals surface area contributed by atoms with Crippen LogP contribution in [0.25, 0.3) is 0 Å². The van der Waals surface area contributed by atoms with Gasteiger partial charge in [-0.15, -0.1) is 0 Å². The molecule has 3 rings (SSSR count). The first-order valence-electron chi connectivity index (χ1n) is 9.71. The summed E-state index contributed by atoms with van der Waals surface area (Å²) < 4.78 is 0. The van der Waals surface area contributed by atoms with Gasteiger partial charge in [0, 0.05) is 25.7 Å². The molecule has 138 valence electrons. The Kier molecular flexibility index (Phi) is 6.32. The Morgan fingerprint density at radius 1 is 1.36 bits per heavy atom. The van der Waals surface area contributed by atoms with E-state index in [0.29, 0.717) is 19.0 Å². The minimum atomic E-state index is 0.0121. The normalized spacial score (nSPS) is 22.8. The lowest BCUT2D eigenvalue weighted by Gasteiger charge is -2.31. The number of hydrogen-bond donors (Lipinski definition) is 2. The van der Waals surface area contributed by atoms with Crippen molar-refractivity contribution in [3.63, 3.8) is 0 Å². The lowest BCUT2D eigenvalue weighted by molar-refractivity contribution is 0.161. The number of likely N-dealkylation sites (N-methyl/N-ethyl adjacent to an activating group) is 1. The molecule has 1 aromatic rings. The Balaban J connectivity index is 1.65. The van der Waals surface area contributed by atoms with E-state index in [4.69, 9.17) is 0 Å². The predicted molar refractivity (Wildman–Crippen MR) is 99.6 cm³/mol. The second-order valence-corrected chi connectivity index (χ2v) is 7.13. The smallest absolute Gasteiger partial charge is 0.317 e. The first-order chi connectivity index (χ1) is 12.2. The third-order valence-corrected chi connectivity index (χ3v) is 5.69. The molecule has 0 saturated carbocycles. The average Bonchev–Trinajstić information content (AvgIpc) is 3.27. The highest BCUT2D eigenvalue weighted by atomic mass is 16.3. The summed E-state index contributed by atoms with van der Waals surface area (Å²) in [6, 6.07) is 9.03. The molecule has 0 aromatic heterocycles. The number of rotatable bonds is 7. The van der Waals surface area contributed by atoms with Crippen LogP contribution >= 0.6 is 0 Å². The Morgan fingerprint density at radius 3 is 3.00 bits per heavy atom. The van der Waals surface area contributed by atoms with Gasteiger partial charge in [0.25, 0.3) is 0 Å². The van der Waals surface area contributed by atoms with E-state index in [0.717, 1.165) is 38.9 Å². The van der Waals surface area contributed by atoms with Crippen molar-refractivity contribution in [2.45, 2.75) is 51.1 Å². The Labute approximate surface area is 151 Å². The molecule has 5 nitrogen and oxygen atoms in total. The predicted octanol–water partition coefficient (Wildman–Crippen LogP) is 2.55. The van der Waals surface area contributed by atoms with Gasteiger partial charge >= 0.3 is 6.03 Å². The average molecular weight is 345 g/mol. The maximum atomic E-state index is 12.9. The number of amides is 2. The number of nitrogens with zero attached hydrogens (tertiary/aromatic N) is 2. The van der Waals surface area contributed by atoms with Crippen LogP contribution in [-0.4, -0.2) is 59.8 Å². The largest absolute Gasteiger partial charge is 0.396 e. The summed E-state index contributed by atoms with van der Waals surface area (Å²) in [6.07, 6.45) is 5.00. The number of urea groups is 1. The molecule has 1 aliphatic heterocycles. The van der Waals surface area contributed by atoms with Crippen molar-refractivity contribution >= 4 is 6.03 Å². The van der Waals surface area contributed by atoms with Crippen LogP contribution in [0.4, 0.5) is 4.79 Å². The molecule has 5 heteroatoms. The van der Waals surface area contributed by atoms with Gasteiger partial charge in [-0.05, 0) is 56.3 Å². The van der Waals surface area contributed by atoms with Crippen LogP contribution in [-0.2, 0) is 6.42 Å². The molecule has 2 N–H and O–H groups in total. The molecular formula is C20H31N3O2. The van der Waals surface area contributed by atoms with Gasteiger partial charge in [0.1, 0.15) is 0 Å². The van der Waals surface area contributed by atoms with E-state index >= 15 is 0 Å². The molecule has 25 heavy (non-hydrogen) atoms. The van der Waals surface area contributed by atoms with Crippen LogP contribution in [0.2, 0.25) is 0 Å². The topological polar surface area (TPSA) is 55.8 Å². The summed E-state index contributed by atoms with van der Waals surface area (Å²) in [7, 11) is 0. The third kappa shape index (κ3) is 4.15. The molecule has 1 aromatic carbocycles. The van der Waals surface area contributed by atoms with Crippen molar-refractivity contribution in [2.75, 3.05) is 32.8 Å². The molecule has 1 heterocycles. The molecule has 1 aliphatic carbocycles. The Hall–Kier alpha value is -1.59. The molecule has 1 fully saturated rings. The number of nitrogens with one attached hydrogen (secondary N) is 1. The Bertz CT molecular complexity index is 578. The molecule has 2 unspecified atom stereocenters. The van der Waals surface area contributed by atoms with Gasteiger partial charge in [0.2, 0.25) is 0 Å². The molecule has 0 radical (unpaired) electrons. The lowest BCUT2D eigenvalue weighted by Crippen LogP contribution is -2.47. The molecule has 2 atom stereocenters. The molecular weight excluding hydrogens is 314 g/mol. The lowest BCUT2D eigenvalue weighted by atomic mass is 10.1. The van der Waals surface area contributed by atoms with Gasteiger partial charge in [-0.3, -0.25) is 4.90 Å². The van der Waals surface area contributed by atoms with Crippen molar-refractivity contribution in [3.05, 3.63) is 35.4 Å². The summed E-state index contributed by atoms with van der Waals surface area (Å²) in [6.45, 7) is 5.81. The Morgan fingerprint density at radius 2 is 2.20 bits per heavy atom. The molecule has 0 spiro atoms. The summed E-state index contributed by atoms with van der Waals surface area (Å²) in [5.41, 5.74) is 2.62. The van der Waals surface area contributed by atoms with Crippen LogP contribution < -0.4 is 5.32 Å². The highest BCUT2D eigenvalue weighted by molar-refractivity contribution is 5.75. The SMILES string of the molecule is CCN1CCCC1CNC(=O)N(CCCO)C1CCc2ccccc21. The number of likely N-dealkylation sites (tertiary alicyclic amines) is 1. The van der Waals surface area contributed by atoms with Crippen molar-refractivity contribution in [3.8, 4) is 0 Å². The maximum Gasteiger partial charge on any atom is 0.317 e. The number of carbonyl (C=O) groups excluding carboxylic acids is 1. The van der Waals surface area contributed by atoms with Gasteiger partial charge in [-0.2, -0.15) is 0 Å². The fraction of sp³-hybridized carbons (Fsp3) is 0.650. The zero-order chi connectivity index (χ0) is 17.6. The van der Waals surface area contributed by atoms with Gasteiger partial charge in [0.05, 0.1) is 6.04 Å². The van der Waals surface area contributed by atoms with Crippen molar-refractivity contribution < 1.29 is 9.90 Å². The third-order valence-electron chi connectivity index (χ3n) is 5.69. The highest BCUT2D eigenvalue weighted by Gasteiger charge is 2.31. The number of aliphatic hydroxyl groups is 1. The molecule has 0 bridgehead atoms. The summed E-state index contributed by atoms with van der Waals surface area (Å²) >= 11 is 0. The van der Waals surface area contributed by atoms with E-state index < -0.39 is 0 Å². The van der Waals surface area contributed by atoms with Crippen molar-refractivity contribution in [2.24, 2.45) is 0 Å². The van der Waals surface area contributed by atoms with Crippen molar-refractivity contribution in [1.29, 1.82) is 0 Å². The number of hydrogen-bond acceptors (Lipinski definition) is 3. The quantitative estimate of drug-likeness (QED) is 0.798. The first kappa shape index (κ1) is 18.2. The van der Waals surface area contributed by atoms with E-state index in [1.165, 1.54) is 17.5 Å². The van der Waals surface area contributed by atoms with E-state index in [2.05, 4.69) is 41.4 Å². The number of aryl methyl sites for hydroxylation is 1. The fourth-order valence-electron chi connectivity index (χ4n) is 4.35. The zero-order valence-electron chi connectivity index (χ0n) is 15.3. The number of aliphatic hydroxyl groups excluding tert-OH is 1. The number of benzene rings is 1. The summed E-state index contributed by atoms with van der Waals surface area (Å²) in [5.74, 6) is 0. The first-order valence-corrected chi connectivity index (χ1v) is 9.71. The van der Waals surface area contributed by atoms with Gasteiger partial charge in [0.15, 0.2) is 0 Å². The standard InChI is InChI=1S/C20H31N3O2/c1-2-22-12-5-8-17(22)15-21-20(25)23(13-6-14-24)19-11-10-16-7-3-4-9-18(16)19/h3-4,7,9,17,19,24H,2,5-6,8,10-15H2,1H3,(H,21,25). The van der Waals surface area contributed by atoms with Gasteiger partial charge in [-0.25, -0.2) is 4.79 Å². The van der Waals surface area contributed by atoms with Gasteiger partial charge < -0.3 is 15.3 Å². The van der Waals surface area contributed by atoms with Crippen LogP contribution in [0.3, 0.4) is 0 Å². The summed E-state index contributed by atoms with van der Waals surface area (Å²) in [5, 5.41) is 12.4. The molecule has 1 saturated heterocycles. The summed E-state index contributed by atoms with van der Waals surface area (Å²) in [4.78, 5) is 17.3. The van der Waals surface area contributed by atoms with Crippen LogP contribution in [0.15, 0.2) is 24.3 Å². The van der Waals surface area contributed by atoms with Crippen LogP contribution in [0.5, 0.6) is 0 Å². The van der Waals surface area contributed by atoms with E-state index in [-0.39, 0.29) is 18.7 Å². The second kappa shape index (κ2) is 8.68. The van der Waals surface area contributed by atoms with E-state index in [9.17, 15) is 9.90 Å². The van der Waals surface area contributed by atoms with Gasteiger partial charge in [-0.1, -0.05) is 31.2 Å². The molecule has 2 amide bonds. The molecule has 2 aliphatic rings.